The lowest BCUT2D eigenvalue weighted by molar-refractivity contribution is -0.114. The molecule has 4 nitrogen and oxygen atoms in total. The van der Waals surface area contributed by atoms with Crippen LogP contribution in [0.4, 0.5) is 0 Å². The summed E-state index contributed by atoms with van der Waals surface area (Å²) in [5, 5.41) is 0.779. The third-order valence-electron chi connectivity index (χ3n) is 3.37. The fourth-order valence-electron chi connectivity index (χ4n) is 2.35. The third kappa shape index (κ3) is 6.39. The van der Waals surface area contributed by atoms with Gasteiger partial charge in [0, 0.05) is 31.4 Å². The molecule has 0 aliphatic carbocycles. The third-order valence-corrected chi connectivity index (χ3v) is 6.48. The minimum absolute atomic E-state index is 0.0716. The zero-order valence-electron chi connectivity index (χ0n) is 14.6. The van der Waals surface area contributed by atoms with E-state index in [0.29, 0.717) is 26.2 Å². The van der Waals surface area contributed by atoms with E-state index in [-0.39, 0.29) is 5.78 Å². The smallest absolute Gasteiger partial charge is 0.370 e. The molecule has 0 heterocycles. The van der Waals surface area contributed by atoms with Crippen LogP contribution in [0.2, 0.25) is 0 Å². The Morgan fingerprint density at radius 1 is 1.00 bits per heavy atom. The number of carbonyl (C=O) groups is 1. The van der Waals surface area contributed by atoms with Crippen molar-refractivity contribution in [2.75, 3.05) is 19.8 Å². The van der Waals surface area contributed by atoms with Gasteiger partial charge in [0.25, 0.3) is 0 Å². The lowest BCUT2D eigenvalue weighted by Crippen LogP contribution is -2.48. The van der Waals surface area contributed by atoms with Crippen LogP contribution in [0.1, 0.15) is 39.7 Å². The first-order valence-electron chi connectivity index (χ1n) is 8.25. The van der Waals surface area contributed by atoms with Gasteiger partial charge in [-0.2, -0.15) is 0 Å². The molecule has 0 atom stereocenters. The van der Waals surface area contributed by atoms with Gasteiger partial charge in [-0.1, -0.05) is 30.3 Å². The van der Waals surface area contributed by atoms with E-state index in [1.54, 1.807) is 6.08 Å². The van der Waals surface area contributed by atoms with Gasteiger partial charge >= 0.3 is 8.80 Å². The van der Waals surface area contributed by atoms with E-state index >= 15 is 0 Å². The van der Waals surface area contributed by atoms with Crippen LogP contribution in [0.3, 0.4) is 0 Å². The van der Waals surface area contributed by atoms with Gasteiger partial charge in [0.05, 0.1) is 0 Å². The first kappa shape index (κ1) is 19.8. The number of rotatable bonds is 11. The molecule has 0 fully saturated rings. The number of carbonyl (C=O) groups excluding carboxylic acids is 1. The van der Waals surface area contributed by atoms with Crippen molar-refractivity contribution < 1.29 is 18.1 Å². The van der Waals surface area contributed by atoms with E-state index in [1.165, 1.54) is 0 Å². The quantitative estimate of drug-likeness (QED) is 0.456. The molecular weight excluding hydrogens is 308 g/mol. The van der Waals surface area contributed by atoms with E-state index < -0.39 is 8.80 Å². The van der Waals surface area contributed by atoms with Crippen LogP contribution >= 0.6 is 0 Å². The highest BCUT2D eigenvalue weighted by Gasteiger charge is 2.43. The van der Waals surface area contributed by atoms with Crippen LogP contribution in [0.25, 0.3) is 0 Å². The van der Waals surface area contributed by atoms with E-state index in [4.69, 9.17) is 13.3 Å². The second-order valence-electron chi connectivity index (χ2n) is 5.13. The van der Waals surface area contributed by atoms with E-state index in [2.05, 4.69) is 0 Å². The highest BCUT2D eigenvalue weighted by molar-refractivity contribution is 6.69. The van der Waals surface area contributed by atoms with Gasteiger partial charge in [0.15, 0.2) is 5.78 Å². The van der Waals surface area contributed by atoms with Gasteiger partial charge in [0.2, 0.25) is 0 Å². The Balaban J connectivity index is 2.77. The van der Waals surface area contributed by atoms with Crippen molar-refractivity contribution in [1.29, 1.82) is 0 Å². The van der Waals surface area contributed by atoms with Crippen molar-refractivity contribution in [3.05, 3.63) is 47.2 Å². The van der Waals surface area contributed by atoms with Crippen LogP contribution in [-0.2, 0) is 24.5 Å². The number of allylic oxidation sites excluding steroid dienone is 2. The van der Waals surface area contributed by atoms with Crippen molar-refractivity contribution >= 4 is 14.6 Å². The molecule has 1 aromatic carbocycles. The Bertz CT molecular complexity index is 482. The predicted octanol–water partition coefficient (Wildman–Crippen LogP) is 3.72. The van der Waals surface area contributed by atoms with Gasteiger partial charge in [0.1, 0.15) is 0 Å². The molecule has 0 saturated heterocycles. The Kier molecular flexibility index (Phi) is 9.02. The van der Waals surface area contributed by atoms with E-state index in [0.717, 1.165) is 17.2 Å². The molecular formula is C18H28O4Si. The van der Waals surface area contributed by atoms with Gasteiger partial charge in [-0.25, -0.2) is 0 Å². The molecule has 0 saturated carbocycles. The number of hydrogen-bond acceptors (Lipinski definition) is 4. The summed E-state index contributed by atoms with van der Waals surface area (Å²) in [6.45, 7) is 9.08. The number of benzene rings is 1. The fraction of sp³-hybridized carbons (Fsp3) is 0.500. The van der Waals surface area contributed by atoms with Gasteiger partial charge < -0.3 is 13.3 Å². The molecule has 0 aliphatic heterocycles. The molecule has 0 unspecified atom stereocenters. The summed E-state index contributed by atoms with van der Waals surface area (Å²) < 4.78 is 17.4. The molecule has 0 radical (unpaired) electrons. The molecule has 0 spiro atoms. The zero-order chi connectivity index (χ0) is 17.1. The SMILES string of the molecule is CCO[Si](OCC)(OCC)/C(C)=C\C(=O)CCc1ccccc1. The van der Waals surface area contributed by atoms with Gasteiger partial charge in [-0.3, -0.25) is 4.79 Å². The molecule has 0 amide bonds. The summed E-state index contributed by atoms with van der Waals surface area (Å²) in [4.78, 5) is 12.3. The molecule has 1 rings (SSSR count). The maximum Gasteiger partial charge on any atom is 0.532 e. The Hall–Kier alpha value is -1.27. The van der Waals surface area contributed by atoms with Gasteiger partial charge in [-0.15, -0.1) is 0 Å². The molecule has 0 N–H and O–H groups in total. The van der Waals surface area contributed by atoms with Crippen LogP contribution < -0.4 is 0 Å². The summed E-state index contributed by atoms with van der Waals surface area (Å²) >= 11 is 0. The second kappa shape index (κ2) is 10.5. The van der Waals surface area contributed by atoms with E-state index in [9.17, 15) is 4.79 Å². The Morgan fingerprint density at radius 2 is 1.52 bits per heavy atom. The lowest BCUT2D eigenvalue weighted by atomic mass is 10.1. The monoisotopic (exact) mass is 336 g/mol. The Labute approximate surface area is 140 Å². The maximum atomic E-state index is 12.3. The summed E-state index contributed by atoms with van der Waals surface area (Å²) in [5.74, 6) is 0.0716. The average molecular weight is 337 g/mol. The number of hydrogen-bond donors (Lipinski definition) is 0. The maximum absolute atomic E-state index is 12.3. The van der Waals surface area contributed by atoms with Crippen molar-refractivity contribution in [1.82, 2.24) is 0 Å². The van der Waals surface area contributed by atoms with Crippen LogP contribution in [-0.4, -0.2) is 34.4 Å². The lowest BCUT2D eigenvalue weighted by Gasteiger charge is -2.29. The molecule has 5 heteroatoms. The van der Waals surface area contributed by atoms with Crippen molar-refractivity contribution in [2.24, 2.45) is 0 Å². The largest absolute Gasteiger partial charge is 0.532 e. The standard InChI is InChI=1S/C18H28O4Si/c1-5-20-23(21-6-2,22-7-3)16(4)15-18(19)14-13-17-11-9-8-10-12-17/h8-12,15H,5-7,13-14H2,1-4H3/b16-15-. The van der Waals surface area contributed by atoms with Crippen LogP contribution in [0.5, 0.6) is 0 Å². The minimum Gasteiger partial charge on any atom is -0.370 e. The highest BCUT2D eigenvalue weighted by atomic mass is 28.4. The average Bonchev–Trinajstić information content (AvgIpc) is 2.54. The van der Waals surface area contributed by atoms with Crippen molar-refractivity contribution in [3.63, 3.8) is 0 Å². The Morgan fingerprint density at radius 3 is 2.00 bits per heavy atom. The van der Waals surface area contributed by atoms with Crippen LogP contribution in [0.15, 0.2) is 41.6 Å². The van der Waals surface area contributed by atoms with Crippen molar-refractivity contribution in [3.8, 4) is 0 Å². The predicted molar refractivity (Wildman–Crippen MR) is 94.2 cm³/mol. The van der Waals surface area contributed by atoms with Crippen molar-refractivity contribution in [2.45, 2.75) is 40.5 Å². The fourth-order valence-corrected chi connectivity index (χ4v) is 4.76. The van der Waals surface area contributed by atoms with E-state index in [1.807, 2.05) is 58.0 Å². The molecule has 23 heavy (non-hydrogen) atoms. The number of aryl methyl sites for hydroxylation is 1. The van der Waals surface area contributed by atoms with Gasteiger partial charge in [-0.05, 0) is 45.8 Å². The molecule has 0 aliphatic rings. The summed E-state index contributed by atoms with van der Waals surface area (Å²) in [7, 11) is -2.93. The summed E-state index contributed by atoms with van der Waals surface area (Å²) in [6.07, 6.45) is 2.84. The second-order valence-corrected chi connectivity index (χ2v) is 7.90. The number of ketones is 1. The minimum atomic E-state index is -2.93. The zero-order valence-corrected chi connectivity index (χ0v) is 15.6. The summed E-state index contributed by atoms with van der Waals surface area (Å²) in [5.41, 5.74) is 1.16. The molecule has 1 aromatic rings. The normalized spacial score (nSPS) is 12.4. The summed E-state index contributed by atoms with van der Waals surface area (Å²) in [6, 6.07) is 10.0. The highest BCUT2D eigenvalue weighted by Crippen LogP contribution is 2.20. The first-order valence-corrected chi connectivity index (χ1v) is 9.97. The van der Waals surface area contributed by atoms with Crippen LogP contribution in [0, 0.1) is 0 Å². The topological polar surface area (TPSA) is 44.8 Å². The molecule has 128 valence electrons. The molecule has 0 bridgehead atoms. The molecule has 0 aromatic heterocycles. The first-order chi connectivity index (χ1) is 11.1.